The van der Waals surface area contributed by atoms with Crippen LogP contribution in [0.15, 0.2) is 53.4 Å². The summed E-state index contributed by atoms with van der Waals surface area (Å²) in [5, 5.41) is 12.1. The minimum atomic E-state index is -3.80. The van der Waals surface area contributed by atoms with E-state index in [2.05, 4.69) is 21.9 Å². The van der Waals surface area contributed by atoms with Crippen molar-refractivity contribution >= 4 is 33.7 Å². The van der Waals surface area contributed by atoms with Crippen molar-refractivity contribution in [1.82, 2.24) is 14.9 Å². The van der Waals surface area contributed by atoms with Crippen LogP contribution in [0.2, 0.25) is 0 Å². The van der Waals surface area contributed by atoms with Gasteiger partial charge in [-0.25, -0.2) is 17.9 Å². The van der Waals surface area contributed by atoms with Crippen LogP contribution in [0.25, 0.3) is 11.1 Å². The van der Waals surface area contributed by atoms with Gasteiger partial charge >= 0.3 is 24.8 Å². The SMILES string of the molecule is CSCCC(NC(=O)c1ccc(S(=O)(=O)NCCCN2CCCCC2C)cc1-c1ccccc1)C(=O)O.[Li+]. The Hall–Kier alpha value is -1.80. The normalized spacial score (nSPS) is 16.8. The van der Waals surface area contributed by atoms with E-state index in [1.165, 1.54) is 49.2 Å². The summed E-state index contributed by atoms with van der Waals surface area (Å²) in [5.41, 5.74) is 1.32. The molecule has 2 aromatic carbocycles. The van der Waals surface area contributed by atoms with Crippen molar-refractivity contribution in [3.63, 3.8) is 0 Å². The van der Waals surface area contributed by atoms with Crippen LogP contribution in [0.3, 0.4) is 0 Å². The summed E-state index contributed by atoms with van der Waals surface area (Å²) in [6, 6.07) is 12.8. The molecule has 2 atom stereocenters. The zero-order valence-electron chi connectivity index (χ0n) is 22.5. The van der Waals surface area contributed by atoms with Gasteiger partial charge in [-0.2, -0.15) is 11.8 Å². The Morgan fingerprint density at radius 2 is 1.89 bits per heavy atom. The molecule has 1 aliphatic heterocycles. The van der Waals surface area contributed by atoms with E-state index in [1.807, 2.05) is 12.3 Å². The zero-order chi connectivity index (χ0) is 26.8. The van der Waals surface area contributed by atoms with Crippen molar-refractivity contribution in [3.8, 4) is 11.1 Å². The summed E-state index contributed by atoms with van der Waals surface area (Å²) < 4.78 is 28.9. The van der Waals surface area contributed by atoms with Gasteiger partial charge in [0.25, 0.3) is 5.91 Å². The number of carboxylic acid groups (broad SMARTS) is 1. The fraction of sp³-hybridized carbons (Fsp3) is 0.481. The molecule has 0 bridgehead atoms. The van der Waals surface area contributed by atoms with Crippen molar-refractivity contribution in [1.29, 1.82) is 0 Å². The largest absolute Gasteiger partial charge is 1.00 e. The Bertz CT molecular complexity index is 1160. The summed E-state index contributed by atoms with van der Waals surface area (Å²) in [5.74, 6) is -1.08. The summed E-state index contributed by atoms with van der Waals surface area (Å²) >= 11 is 1.50. The van der Waals surface area contributed by atoms with Crippen LogP contribution in [-0.4, -0.2) is 74.0 Å². The summed E-state index contributed by atoms with van der Waals surface area (Å²) in [4.78, 5) is 27.2. The van der Waals surface area contributed by atoms with Crippen LogP contribution in [-0.2, 0) is 14.8 Å². The zero-order valence-corrected chi connectivity index (χ0v) is 24.1. The van der Waals surface area contributed by atoms with Crippen molar-refractivity contribution in [2.75, 3.05) is 31.6 Å². The molecule has 3 N–H and O–H groups in total. The van der Waals surface area contributed by atoms with E-state index in [0.717, 1.165) is 13.1 Å². The third-order valence-corrected chi connectivity index (χ3v) is 8.80. The van der Waals surface area contributed by atoms with E-state index >= 15 is 0 Å². The molecular weight excluding hydrogens is 517 g/mol. The first-order valence-corrected chi connectivity index (χ1v) is 15.6. The first kappa shape index (κ1) is 32.4. The molecule has 2 aromatic rings. The summed E-state index contributed by atoms with van der Waals surface area (Å²) in [6.45, 7) is 4.44. The smallest absolute Gasteiger partial charge is 0.480 e. The first-order valence-electron chi connectivity index (χ1n) is 12.7. The van der Waals surface area contributed by atoms with Crippen LogP contribution >= 0.6 is 11.8 Å². The summed E-state index contributed by atoms with van der Waals surface area (Å²) in [6.07, 6.45) is 6.48. The van der Waals surface area contributed by atoms with E-state index in [0.29, 0.717) is 35.9 Å². The van der Waals surface area contributed by atoms with Crippen LogP contribution in [0.1, 0.15) is 49.4 Å². The molecule has 0 radical (unpaired) electrons. The molecule has 8 nitrogen and oxygen atoms in total. The molecule has 1 amide bonds. The van der Waals surface area contributed by atoms with E-state index in [4.69, 9.17) is 0 Å². The maximum atomic E-state index is 13.1. The van der Waals surface area contributed by atoms with Gasteiger partial charge in [-0.1, -0.05) is 36.8 Å². The van der Waals surface area contributed by atoms with Crippen LogP contribution in [0.4, 0.5) is 0 Å². The average molecular weight is 555 g/mol. The second kappa shape index (κ2) is 15.7. The number of benzene rings is 2. The van der Waals surface area contributed by atoms with Gasteiger partial charge in [0, 0.05) is 18.2 Å². The van der Waals surface area contributed by atoms with E-state index < -0.39 is 27.9 Å². The number of carbonyl (C=O) groups excluding carboxylic acids is 1. The third kappa shape index (κ3) is 9.14. The number of hydrogen-bond acceptors (Lipinski definition) is 6. The molecule has 38 heavy (non-hydrogen) atoms. The minimum absolute atomic E-state index is 0. The van der Waals surface area contributed by atoms with Gasteiger partial charge in [-0.15, -0.1) is 0 Å². The Morgan fingerprint density at radius 1 is 1.16 bits per heavy atom. The van der Waals surface area contributed by atoms with E-state index in [-0.39, 0.29) is 35.7 Å². The van der Waals surface area contributed by atoms with Gasteiger partial charge in [0.05, 0.1) is 4.90 Å². The molecule has 1 heterocycles. The second-order valence-corrected chi connectivity index (χ2v) is 12.1. The van der Waals surface area contributed by atoms with Crippen LogP contribution < -0.4 is 28.9 Å². The Balaban J connectivity index is 0.00000507. The number of nitrogens with zero attached hydrogens (tertiary/aromatic N) is 1. The topological polar surface area (TPSA) is 116 Å². The van der Waals surface area contributed by atoms with Gasteiger partial charge in [-0.05, 0) is 87.0 Å². The van der Waals surface area contributed by atoms with Gasteiger partial charge in [0.2, 0.25) is 10.0 Å². The minimum Gasteiger partial charge on any atom is -0.480 e. The molecule has 0 saturated carbocycles. The number of sulfonamides is 1. The number of piperidine rings is 1. The molecule has 0 aromatic heterocycles. The Morgan fingerprint density at radius 3 is 2.55 bits per heavy atom. The van der Waals surface area contributed by atoms with E-state index in [1.54, 1.807) is 24.3 Å². The molecule has 11 heteroatoms. The van der Waals surface area contributed by atoms with Gasteiger partial charge in [0.15, 0.2) is 0 Å². The molecule has 0 spiro atoms. The number of rotatable bonds is 13. The van der Waals surface area contributed by atoms with Crippen molar-refractivity contribution < 1.29 is 42.0 Å². The number of likely N-dealkylation sites (tertiary alicyclic amines) is 1. The molecular formula is C27H37LiN3O5S2+. The molecule has 2 unspecified atom stereocenters. The molecule has 3 rings (SSSR count). The maximum absolute atomic E-state index is 13.1. The number of aliphatic carboxylic acids is 1. The fourth-order valence-electron chi connectivity index (χ4n) is 4.54. The Labute approximate surface area is 242 Å². The average Bonchev–Trinajstić information content (AvgIpc) is 2.89. The summed E-state index contributed by atoms with van der Waals surface area (Å²) in [7, 11) is -3.80. The number of carboxylic acids is 1. The third-order valence-electron chi connectivity index (χ3n) is 6.70. The van der Waals surface area contributed by atoms with Gasteiger partial charge in [-0.3, -0.25) is 4.79 Å². The van der Waals surface area contributed by atoms with Crippen molar-refractivity contribution in [2.45, 2.75) is 56.0 Å². The van der Waals surface area contributed by atoms with Crippen LogP contribution in [0.5, 0.6) is 0 Å². The molecule has 0 aliphatic carbocycles. The standard InChI is InChI=1S/C27H37N3O5S2.Li/c1-20-9-6-7-16-30(20)17-8-15-28-37(34,35)22-12-13-23(24(19-22)21-10-4-3-5-11-21)26(31)29-25(27(32)33)14-18-36-2;/h3-5,10-13,19-20,25,28H,6-9,14-18H2,1-2H3,(H,29,31)(H,32,33);/q;+1. The molecule has 1 fully saturated rings. The van der Waals surface area contributed by atoms with E-state index in [9.17, 15) is 23.1 Å². The van der Waals surface area contributed by atoms with Crippen molar-refractivity contribution in [3.05, 3.63) is 54.1 Å². The quantitative estimate of drug-likeness (QED) is 0.248. The van der Waals surface area contributed by atoms with Crippen LogP contribution in [0, 0.1) is 0 Å². The second-order valence-electron chi connectivity index (χ2n) is 9.35. The van der Waals surface area contributed by atoms with Gasteiger partial charge < -0.3 is 15.3 Å². The first-order chi connectivity index (χ1) is 17.7. The number of thioether (sulfide) groups is 1. The predicted octanol–water partition coefficient (Wildman–Crippen LogP) is 0.837. The molecule has 1 aliphatic rings. The monoisotopic (exact) mass is 554 g/mol. The predicted molar refractivity (Wildman–Crippen MR) is 148 cm³/mol. The Kier molecular flexibility index (Phi) is 13.4. The maximum Gasteiger partial charge on any atom is 1.00 e. The molecule has 202 valence electrons. The number of amides is 1. The van der Waals surface area contributed by atoms with Gasteiger partial charge in [0.1, 0.15) is 6.04 Å². The number of carbonyl (C=O) groups is 2. The number of hydrogen-bond donors (Lipinski definition) is 3. The number of nitrogens with one attached hydrogen (secondary N) is 2. The molecule has 1 saturated heterocycles. The fourth-order valence-corrected chi connectivity index (χ4v) is 6.11. The van der Waals surface area contributed by atoms with Crippen molar-refractivity contribution in [2.24, 2.45) is 0 Å².